The second-order valence-electron chi connectivity index (χ2n) is 4.35. The minimum Gasteiger partial charge on any atom is -0.307 e. The Labute approximate surface area is 102 Å². The molecule has 0 bridgehead atoms. The standard InChI is InChI=1S/C12H18ClN3/c13-8-10-4-1-2-5-11(10)16-9-12-14-6-3-7-15-12/h3,6-7,10-11,16H,1-2,4-5,8-9H2. The molecule has 0 aliphatic heterocycles. The summed E-state index contributed by atoms with van der Waals surface area (Å²) in [5.41, 5.74) is 0. The zero-order valence-electron chi connectivity index (χ0n) is 9.40. The van der Waals surface area contributed by atoms with Crippen molar-refractivity contribution < 1.29 is 0 Å². The molecule has 1 N–H and O–H groups in total. The van der Waals surface area contributed by atoms with E-state index in [1.807, 2.05) is 6.07 Å². The summed E-state index contributed by atoms with van der Waals surface area (Å²) in [6.45, 7) is 0.749. The van der Waals surface area contributed by atoms with Crippen LogP contribution in [0.2, 0.25) is 0 Å². The summed E-state index contributed by atoms with van der Waals surface area (Å²) in [5, 5.41) is 3.53. The highest BCUT2D eigenvalue weighted by Crippen LogP contribution is 2.25. The Morgan fingerprint density at radius 1 is 1.25 bits per heavy atom. The number of halogens is 1. The fourth-order valence-electron chi connectivity index (χ4n) is 2.30. The second kappa shape index (κ2) is 6.16. The van der Waals surface area contributed by atoms with Gasteiger partial charge >= 0.3 is 0 Å². The Morgan fingerprint density at radius 2 is 2.00 bits per heavy atom. The average Bonchev–Trinajstić information content (AvgIpc) is 2.38. The van der Waals surface area contributed by atoms with Gasteiger partial charge in [0, 0.05) is 24.3 Å². The molecule has 0 saturated heterocycles. The molecule has 2 rings (SSSR count). The van der Waals surface area contributed by atoms with Crippen molar-refractivity contribution in [2.45, 2.75) is 38.3 Å². The third kappa shape index (κ3) is 3.16. The summed E-state index contributed by atoms with van der Waals surface area (Å²) in [5.74, 6) is 2.23. The molecule has 1 fully saturated rings. The summed E-state index contributed by atoms with van der Waals surface area (Å²) in [6, 6.07) is 2.38. The van der Waals surface area contributed by atoms with Gasteiger partial charge in [-0.2, -0.15) is 0 Å². The molecule has 2 unspecified atom stereocenters. The molecule has 1 saturated carbocycles. The average molecular weight is 240 g/mol. The molecule has 4 heteroatoms. The van der Waals surface area contributed by atoms with Crippen LogP contribution < -0.4 is 5.32 Å². The highest BCUT2D eigenvalue weighted by atomic mass is 35.5. The summed E-state index contributed by atoms with van der Waals surface area (Å²) in [7, 11) is 0. The maximum Gasteiger partial charge on any atom is 0.141 e. The number of nitrogens with zero attached hydrogens (tertiary/aromatic N) is 2. The molecule has 0 spiro atoms. The molecule has 0 aromatic carbocycles. The van der Waals surface area contributed by atoms with Crippen molar-refractivity contribution in [3.8, 4) is 0 Å². The third-order valence-electron chi connectivity index (χ3n) is 3.25. The van der Waals surface area contributed by atoms with Crippen molar-refractivity contribution in [1.29, 1.82) is 0 Å². The van der Waals surface area contributed by atoms with E-state index < -0.39 is 0 Å². The molecule has 88 valence electrons. The van der Waals surface area contributed by atoms with Crippen molar-refractivity contribution in [3.63, 3.8) is 0 Å². The molecule has 0 amide bonds. The van der Waals surface area contributed by atoms with E-state index in [1.165, 1.54) is 25.7 Å². The van der Waals surface area contributed by atoms with Crippen molar-refractivity contribution >= 4 is 11.6 Å². The van der Waals surface area contributed by atoms with Gasteiger partial charge in [0.25, 0.3) is 0 Å². The van der Waals surface area contributed by atoms with Crippen molar-refractivity contribution in [3.05, 3.63) is 24.3 Å². The first kappa shape index (κ1) is 11.8. The van der Waals surface area contributed by atoms with Gasteiger partial charge < -0.3 is 5.32 Å². The Balaban J connectivity index is 1.84. The Hall–Kier alpha value is -0.670. The van der Waals surface area contributed by atoms with Gasteiger partial charge in [0.15, 0.2) is 0 Å². The van der Waals surface area contributed by atoms with Crippen molar-refractivity contribution in [1.82, 2.24) is 15.3 Å². The maximum absolute atomic E-state index is 5.99. The fraction of sp³-hybridized carbons (Fsp3) is 0.667. The SMILES string of the molecule is ClCC1CCCCC1NCc1ncccn1. The predicted octanol–water partition coefficient (Wildman–Crippen LogP) is 2.36. The van der Waals surface area contributed by atoms with Gasteiger partial charge in [-0.25, -0.2) is 9.97 Å². The van der Waals surface area contributed by atoms with E-state index in [1.54, 1.807) is 12.4 Å². The van der Waals surface area contributed by atoms with Crippen LogP contribution in [0.5, 0.6) is 0 Å². The van der Waals surface area contributed by atoms with E-state index in [4.69, 9.17) is 11.6 Å². The van der Waals surface area contributed by atoms with Gasteiger partial charge in [0.1, 0.15) is 5.82 Å². The maximum atomic E-state index is 5.99. The molecular formula is C12H18ClN3. The molecule has 1 aromatic rings. The second-order valence-corrected chi connectivity index (χ2v) is 4.66. The van der Waals surface area contributed by atoms with Crippen molar-refractivity contribution in [2.75, 3.05) is 5.88 Å². The third-order valence-corrected chi connectivity index (χ3v) is 3.65. The van der Waals surface area contributed by atoms with Gasteiger partial charge in [-0.05, 0) is 24.8 Å². The molecular weight excluding hydrogens is 222 g/mol. The Bertz CT molecular complexity index is 304. The fourth-order valence-corrected chi connectivity index (χ4v) is 2.67. The quantitative estimate of drug-likeness (QED) is 0.820. The van der Waals surface area contributed by atoms with Crippen LogP contribution in [0.25, 0.3) is 0 Å². The summed E-state index contributed by atoms with van der Waals surface area (Å²) in [6.07, 6.45) is 8.66. The van der Waals surface area contributed by atoms with E-state index in [9.17, 15) is 0 Å². The van der Waals surface area contributed by atoms with Gasteiger partial charge in [-0.3, -0.25) is 0 Å². The first-order chi connectivity index (χ1) is 7.90. The highest BCUT2D eigenvalue weighted by Gasteiger charge is 2.23. The molecule has 1 aliphatic carbocycles. The van der Waals surface area contributed by atoms with E-state index >= 15 is 0 Å². The van der Waals surface area contributed by atoms with Crippen LogP contribution in [0.15, 0.2) is 18.5 Å². The normalized spacial score (nSPS) is 25.6. The lowest BCUT2D eigenvalue weighted by molar-refractivity contribution is 0.280. The number of alkyl halides is 1. The van der Waals surface area contributed by atoms with Crippen molar-refractivity contribution in [2.24, 2.45) is 5.92 Å². The highest BCUT2D eigenvalue weighted by molar-refractivity contribution is 6.18. The van der Waals surface area contributed by atoms with Gasteiger partial charge in [0.05, 0.1) is 6.54 Å². The first-order valence-corrected chi connectivity index (χ1v) is 6.49. The van der Waals surface area contributed by atoms with Gasteiger partial charge in [-0.15, -0.1) is 11.6 Å². The van der Waals surface area contributed by atoms with Gasteiger partial charge in [0.2, 0.25) is 0 Å². The van der Waals surface area contributed by atoms with Crippen LogP contribution in [0.1, 0.15) is 31.5 Å². The zero-order valence-corrected chi connectivity index (χ0v) is 10.2. The lowest BCUT2D eigenvalue weighted by atomic mass is 9.86. The van der Waals surface area contributed by atoms with E-state index in [0.29, 0.717) is 12.0 Å². The molecule has 1 aliphatic rings. The smallest absolute Gasteiger partial charge is 0.141 e. The van der Waals surface area contributed by atoms with Crippen LogP contribution >= 0.6 is 11.6 Å². The summed E-state index contributed by atoms with van der Waals surface area (Å²) < 4.78 is 0. The number of hydrogen-bond acceptors (Lipinski definition) is 3. The lowest BCUT2D eigenvalue weighted by Gasteiger charge is -2.30. The summed E-state index contributed by atoms with van der Waals surface area (Å²) >= 11 is 5.99. The van der Waals surface area contributed by atoms with Crippen LogP contribution in [0.4, 0.5) is 0 Å². The number of aromatic nitrogens is 2. The van der Waals surface area contributed by atoms with Crippen LogP contribution in [0, 0.1) is 5.92 Å². The molecule has 1 aromatic heterocycles. The topological polar surface area (TPSA) is 37.8 Å². The minimum absolute atomic E-state index is 0.537. The summed E-state index contributed by atoms with van der Waals surface area (Å²) in [4.78, 5) is 8.41. The Kier molecular flexibility index (Phi) is 4.55. The monoisotopic (exact) mass is 239 g/mol. The van der Waals surface area contributed by atoms with E-state index in [-0.39, 0.29) is 0 Å². The molecule has 2 atom stereocenters. The predicted molar refractivity (Wildman–Crippen MR) is 65.3 cm³/mol. The van der Waals surface area contributed by atoms with E-state index in [0.717, 1.165) is 18.2 Å². The van der Waals surface area contributed by atoms with Crippen LogP contribution in [-0.4, -0.2) is 21.9 Å². The van der Waals surface area contributed by atoms with Gasteiger partial charge in [-0.1, -0.05) is 12.8 Å². The minimum atomic E-state index is 0.537. The first-order valence-electron chi connectivity index (χ1n) is 5.95. The van der Waals surface area contributed by atoms with Crippen LogP contribution in [0.3, 0.4) is 0 Å². The molecule has 1 heterocycles. The largest absolute Gasteiger partial charge is 0.307 e. The molecule has 16 heavy (non-hydrogen) atoms. The number of hydrogen-bond donors (Lipinski definition) is 1. The number of rotatable bonds is 4. The Morgan fingerprint density at radius 3 is 2.75 bits per heavy atom. The van der Waals surface area contributed by atoms with E-state index in [2.05, 4.69) is 15.3 Å². The van der Waals surface area contributed by atoms with Crippen LogP contribution in [-0.2, 0) is 6.54 Å². The number of nitrogens with one attached hydrogen (secondary N) is 1. The zero-order chi connectivity index (χ0) is 11.2. The lowest BCUT2D eigenvalue weighted by Crippen LogP contribution is -2.39. The molecule has 3 nitrogen and oxygen atoms in total. The molecule has 0 radical (unpaired) electrons.